The fourth-order valence-corrected chi connectivity index (χ4v) is 5.09. The summed E-state index contributed by atoms with van der Waals surface area (Å²) < 4.78 is 17.2. The van der Waals surface area contributed by atoms with Crippen LogP contribution in [0.2, 0.25) is 0 Å². The van der Waals surface area contributed by atoms with Gasteiger partial charge in [0, 0.05) is 16.8 Å². The first-order chi connectivity index (χ1) is 19.4. The van der Waals surface area contributed by atoms with E-state index in [0.717, 1.165) is 33.5 Å². The molecule has 0 saturated carbocycles. The van der Waals surface area contributed by atoms with Crippen molar-refractivity contribution < 1.29 is 23.8 Å². The topological polar surface area (TPSA) is 65.1 Å². The van der Waals surface area contributed by atoms with E-state index in [9.17, 15) is 9.59 Å². The summed E-state index contributed by atoms with van der Waals surface area (Å²) in [5.74, 6) is -1.74. The molecular weight excluding hydrogens is 502 g/mol. The molecule has 0 unspecified atom stereocenters. The van der Waals surface area contributed by atoms with Gasteiger partial charge in [-0.3, -0.25) is 0 Å². The van der Waals surface area contributed by atoms with E-state index in [0.29, 0.717) is 11.3 Å². The number of hydrogen-bond donors (Lipinski definition) is 0. The molecule has 1 aliphatic rings. The predicted molar refractivity (Wildman–Crippen MR) is 154 cm³/mol. The highest BCUT2D eigenvalue weighted by Crippen LogP contribution is 2.51. The van der Waals surface area contributed by atoms with Gasteiger partial charge >= 0.3 is 17.5 Å². The Labute approximate surface area is 234 Å². The third kappa shape index (κ3) is 4.67. The van der Waals surface area contributed by atoms with Crippen LogP contribution in [0.3, 0.4) is 0 Å². The van der Waals surface area contributed by atoms with E-state index in [2.05, 4.69) is 0 Å². The molecular formula is C34H31NO5. The zero-order valence-corrected chi connectivity index (χ0v) is 23.0. The van der Waals surface area contributed by atoms with Gasteiger partial charge in [0.05, 0.1) is 19.9 Å². The molecule has 5 rings (SSSR count). The zero-order valence-electron chi connectivity index (χ0n) is 23.0. The largest absolute Gasteiger partial charge is 0.466 e. The molecule has 40 heavy (non-hydrogen) atoms. The van der Waals surface area contributed by atoms with Crippen LogP contribution in [-0.2, 0) is 23.8 Å². The molecule has 1 atom stereocenters. The normalized spacial score (nSPS) is 15.9. The van der Waals surface area contributed by atoms with Crippen LogP contribution in [-0.4, -0.2) is 31.8 Å². The molecule has 1 aliphatic heterocycles. The van der Waals surface area contributed by atoms with E-state index in [4.69, 9.17) is 14.2 Å². The first kappa shape index (κ1) is 26.9. The molecule has 1 saturated heterocycles. The standard InChI is InChI=1S/C34H31NO5/c1-23-15-19-27(20-16-23)31-35(28-21-17-24(2)18-22-28)30(34(40-31,32(36)38-3)33(37)39-4)29(25-11-7-5-8-12-25)26-13-9-6-10-14-26/h5-22,31H,1-4H3/t31-/m1/s1. The van der Waals surface area contributed by atoms with Crippen molar-refractivity contribution in [1.29, 1.82) is 0 Å². The molecule has 4 aromatic rings. The minimum absolute atomic E-state index is 0.318. The smallest absolute Gasteiger partial charge is 0.356 e. The summed E-state index contributed by atoms with van der Waals surface area (Å²) >= 11 is 0. The van der Waals surface area contributed by atoms with Gasteiger partial charge in [-0.15, -0.1) is 0 Å². The molecule has 1 heterocycles. The number of aryl methyl sites for hydroxylation is 2. The molecule has 0 aliphatic carbocycles. The van der Waals surface area contributed by atoms with Crippen molar-refractivity contribution in [2.45, 2.75) is 25.7 Å². The molecule has 202 valence electrons. The third-order valence-electron chi connectivity index (χ3n) is 7.08. The van der Waals surface area contributed by atoms with E-state index >= 15 is 0 Å². The number of rotatable bonds is 6. The second-order valence-corrected chi connectivity index (χ2v) is 9.71. The van der Waals surface area contributed by atoms with Crippen LogP contribution in [0.4, 0.5) is 5.69 Å². The van der Waals surface area contributed by atoms with Gasteiger partial charge in [0.15, 0.2) is 6.23 Å². The van der Waals surface area contributed by atoms with Gasteiger partial charge < -0.3 is 19.1 Å². The van der Waals surface area contributed by atoms with Gasteiger partial charge in [-0.25, -0.2) is 9.59 Å². The van der Waals surface area contributed by atoms with Gasteiger partial charge in [-0.1, -0.05) is 108 Å². The van der Waals surface area contributed by atoms with Crippen molar-refractivity contribution in [2.24, 2.45) is 0 Å². The molecule has 1 fully saturated rings. The summed E-state index contributed by atoms with van der Waals surface area (Å²) in [6.07, 6.45) is -0.848. The van der Waals surface area contributed by atoms with Crippen LogP contribution in [0, 0.1) is 13.8 Å². The minimum atomic E-state index is -2.22. The molecule has 6 nitrogen and oxygen atoms in total. The molecule has 0 N–H and O–H groups in total. The Bertz CT molecular complexity index is 1470. The van der Waals surface area contributed by atoms with E-state index in [1.807, 2.05) is 128 Å². The van der Waals surface area contributed by atoms with Crippen LogP contribution in [0.5, 0.6) is 0 Å². The number of carbonyl (C=O) groups is 2. The number of esters is 2. The van der Waals surface area contributed by atoms with Gasteiger partial charge in [0.2, 0.25) is 0 Å². The highest BCUT2D eigenvalue weighted by molar-refractivity contribution is 6.12. The van der Waals surface area contributed by atoms with Crippen molar-refractivity contribution in [3.05, 3.63) is 143 Å². The van der Waals surface area contributed by atoms with Crippen molar-refractivity contribution in [1.82, 2.24) is 0 Å². The van der Waals surface area contributed by atoms with Crippen molar-refractivity contribution >= 4 is 23.2 Å². The van der Waals surface area contributed by atoms with Gasteiger partial charge in [-0.05, 0) is 37.1 Å². The van der Waals surface area contributed by atoms with Crippen LogP contribution < -0.4 is 4.90 Å². The Morgan fingerprint density at radius 3 is 1.57 bits per heavy atom. The van der Waals surface area contributed by atoms with E-state index in [1.54, 1.807) is 0 Å². The number of benzene rings is 4. The van der Waals surface area contributed by atoms with Gasteiger partial charge in [0.1, 0.15) is 0 Å². The SMILES string of the molecule is COC(=O)C1(C(=O)OC)O[C@H](c2ccc(C)cc2)N(c2ccc(C)cc2)C1=C(c1ccccc1)c1ccccc1. The number of anilines is 1. The van der Waals surface area contributed by atoms with Crippen LogP contribution >= 0.6 is 0 Å². The Kier molecular flexibility index (Phi) is 7.54. The van der Waals surface area contributed by atoms with Crippen molar-refractivity contribution in [3.8, 4) is 0 Å². The number of methoxy groups -OCH3 is 2. The fraction of sp³-hybridized carbons (Fsp3) is 0.176. The Morgan fingerprint density at radius 1 is 0.675 bits per heavy atom. The third-order valence-corrected chi connectivity index (χ3v) is 7.08. The summed E-state index contributed by atoms with van der Waals surface area (Å²) in [7, 11) is 2.49. The number of ether oxygens (including phenoxy) is 3. The number of hydrogen-bond acceptors (Lipinski definition) is 6. The summed E-state index contributed by atoms with van der Waals surface area (Å²) in [4.78, 5) is 29.6. The lowest BCUT2D eigenvalue weighted by Gasteiger charge is -2.30. The number of carbonyl (C=O) groups excluding carboxylic acids is 2. The summed E-state index contributed by atoms with van der Waals surface area (Å²) in [5.41, 5.74) is 3.98. The zero-order chi connectivity index (χ0) is 28.3. The molecule has 0 aromatic heterocycles. The average molecular weight is 534 g/mol. The Morgan fingerprint density at radius 2 is 1.12 bits per heavy atom. The Hall–Kier alpha value is -4.68. The molecule has 6 heteroatoms. The maximum Gasteiger partial charge on any atom is 0.356 e. The van der Waals surface area contributed by atoms with Crippen molar-refractivity contribution in [3.63, 3.8) is 0 Å². The molecule has 4 aromatic carbocycles. The second kappa shape index (κ2) is 11.2. The molecule has 0 amide bonds. The van der Waals surface area contributed by atoms with Crippen molar-refractivity contribution in [2.75, 3.05) is 19.1 Å². The summed E-state index contributed by atoms with van der Waals surface area (Å²) in [5, 5.41) is 0. The summed E-state index contributed by atoms with van der Waals surface area (Å²) in [6.45, 7) is 4.00. The molecule has 0 spiro atoms. The van der Waals surface area contributed by atoms with E-state index in [1.165, 1.54) is 14.2 Å². The minimum Gasteiger partial charge on any atom is -0.466 e. The lowest BCUT2D eigenvalue weighted by Crippen LogP contribution is -2.50. The fourth-order valence-electron chi connectivity index (χ4n) is 5.09. The highest BCUT2D eigenvalue weighted by Gasteiger charge is 2.64. The number of nitrogens with zero attached hydrogens (tertiary/aromatic N) is 1. The van der Waals surface area contributed by atoms with Gasteiger partial charge in [0.25, 0.3) is 0 Å². The monoisotopic (exact) mass is 533 g/mol. The van der Waals surface area contributed by atoms with E-state index < -0.39 is 23.8 Å². The molecule has 0 radical (unpaired) electrons. The maximum atomic E-state index is 13.9. The summed E-state index contributed by atoms with van der Waals surface area (Å²) in [6, 6.07) is 35.0. The lowest BCUT2D eigenvalue weighted by molar-refractivity contribution is -0.182. The highest BCUT2D eigenvalue weighted by atomic mass is 16.6. The van der Waals surface area contributed by atoms with Crippen LogP contribution in [0.1, 0.15) is 34.0 Å². The quantitative estimate of drug-likeness (QED) is 0.212. The first-order valence-electron chi connectivity index (χ1n) is 13.0. The van der Waals surface area contributed by atoms with Crippen LogP contribution in [0.25, 0.3) is 5.57 Å². The maximum absolute atomic E-state index is 13.9. The second-order valence-electron chi connectivity index (χ2n) is 9.71. The molecule has 0 bridgehead atoms. The van der Waals surface area contributed by atoms with Crippen LogP contribution in [0.15, 0.2) is 115 Å². The van der Waals surface area contributed by atoms with Gasteiger partial charge in [-0.2, -0.15) is 0 Å². The first-order valence-corrected chi connectivity index (χ1v) is 13.0. The lowest BCUT2D eigenvalue weighted by atomic mass is 9.87. The Balaban J connectivity index is 1.96. The predicted octanol–water partition coefficient (Wildman–Crippen LogP) is 6.38. The van der Waals surface area contributed by atoms with E-state index in [-0.39, 0.29) is 0 Å². The average Bonchev–Trinajstić information content (AvgIpc) is 3.35.